The highest BCUT2D eigenvalue weighted by Crippen LogP contribution is 2.29. The molecule has 1 aliphatic heterocycles. The molecule has 4 amide bonds. The fourth-order valence-electron chi connectivity index (χ4n) is 2.94. The molecule has 0 aliphatic carbocycles. The molecule has 1 fully saturated rings. The van der Waals surface area contributed by atoms with Crippen LogP contribution in [0.25, 0.3) is 0 Å². The minimum absolute atomic E-state index is 0.132. The van der Waals surface area contributed by atoms with E-state index in [0.29, 0.717) is 12.1 Å². The van der Waals surface area contributed by atoms with Crippen LogP contribution in [-0.4, -0.2) is 35.3 Å². The Morgan fingerprint density at radius 3 is 2.48 bits per heavy atom. The summed E-state index contributed by atoms with van der Waals surface area (Å²) in [5.74, 6) is -0.440. The number of urea groups is 1. The number of carbonyl (C=O) groups excluding carboxylic acids is 3. The zero-order chi connectivity index (χ0) is 18.8. The van der Waals surface area contributed by atoms with Crippen molar-refractivity contribution in [3.05, 3.63) is 29.8 Å². The number of benzene rings is 1. The van der Waals surface area contributed by atoms with Gasteiger partial charge in [0.25, 0.3) is 5.91 Å². The molecule has 1 atom stereocenters. The number of amides is 4. The summed E-state index contributed by atoms with van der Waals surface area (Å²) in [5.41, 5.74) is 1.57. The van der Waals surface area contributed by atoms with Gasteiger partial charge >= 0.3 is 6.03 Å². The number of hydrogen-bond acceptors (Lipinski definition) is 3. The maximum absolute atomic E-state index is 12.4. The number of carbonyl (C=O) groups is 3. The van der Waals surface area contributed by atoms with E-state index in [1.165, 1.54) is 0 Å². The van der Waals surface area contributed by atoms with Crippen molar-refractivity contribution in [1.29, 1.82) is 0 Å². The number of anilines is 1. The van der Waals surface area contributed by atoms with Crippen molar-refractivity contribution in [3.8, 4) is 0 Å². The van der Waals surface area contributed by atoms with E-state index in [4.69, 9.17) is 0 Å². The third-order valence-corrected chi connectivity index (χ3v) is 4.12. The van der Waals surface area contributed by atoms with Gasteiger partial charge in [0.05, 0.1) is 0 Å². The topological polar surface area (TPSA) is 78.5 Å². The lowest BCUT2D eigenvalue weighted by Crippen LogP contribution is -2.38. The van der Waals surface area contributed by atoms with Gasteiger partial charge in [0.2, 0.25) is 5.91 Å². The lowest BCUT2D eigenvalue weighted by atomic mass is 9.86. The highest BCUT2D eigenvalue weighted by atomic mass is 16.2. The summed E-state index contributed by atoms with van der Waals surface area (Å²) < 4.78 is 0. The number of nitrogens with one attached hydrogen (secondary N) is 2. The fraction of sp³-hybridized carbons (Fsp3) is 0.526. The Hall–Kier alpha value is -2.37. The van der Waals surface area contributed by atoms with E-state index in [1.807, 2.05) is 38.1 Å². The molecule has 1 heterocycles. The Bertz CT molecular complexity index is 677. The van der Waals surface area contributed by atoms with Gasteiger partial charge in [-0.3, -0.25) is 14.5 Å². The highest BCUT2D eigenvalue weighted by molar-refractivity contribution is 6.08. The minimum atomic E-state index is -0.540. The van der Waals surface area contributed by atoms with E-state index in [2.05, 4.69) is 31.4 Å². The van der Waals surface area contributed by atoms with Gasteiger partial charge in [0.1, 0.15) is 12.6 Å². The van der Waals surface area contributed by atoms with E-state index in [-0.39, 0.29) is 29.7 Å². The van der Waals surface area contributed by atoms with E-state index in [0.717, 1.165) is 10.5 Å². The predicted molar refractivity (Wildman–Crippen MR) is 97.3 cm³/mol. The average molecular weight is 345 g/mol. The summed E-state index contributed by atoms with van der Waals surface area (Å²) in [6, 6.07) is 6.51. The minimum Gasteiger partial charge on any atom is -0.326 e. The molecule has 0 spiro atoms. The maximum Gasteiger partial charge on any atom is 0.325 e. The molecule has 2 rings (SSSR count). The summed E-state index contributed by atoms with van der Waals surface area (Å²) in [6.45, 7) is 9.87. The van der Waals surface area contributed by atoms with Crippen molar-refractivity contribution >= 4 is 23.5 Å². The predicted octanol–water partition coefficient (Wildman–Crippen LogP) is 2.89. The second-order valence-corrected chi connectivity index (χ2v) is 7.90. The smallest absolute Gasteiger partial charge is 0.325 e. The van der Waals surface area contributed by atoms with E-state index < -0.39 is 12.1 Å². The first-order chi connectivity index (χ1) is 11.6. The molecule has 1 aliphatic rings. The molecule has 6 heteroatoms. The molecule has 2 N–H and O–H groups in total. The summed E-state index contributed by atoms with van der Waals surface area (Å²) in [4.78, 5) is 37.7. The third kappa shape index (κ3) is 4.59. The molecule has 0 bridgehead atoms. The molecule has 1 aromatic rings. The Morgan fingerprint density at radius 2 is 1.88 bits per heavy atom. The van der Waals surface area contributed by atoms with Crippen LogP contribution in [0.4, 0.5) is 10.5 Å². The van der Waals surface area contributed by atoms with Gasteiger partial charge in [0, 0.05) is 5.69 Å². The first-order valence-corrected chi connectivity index (χ1v) is 8.61. The van der Waals surface area contributed by atoms with E-state index in [1.54, 1.807) is 0 Å². The highest BCUT2D eigenvalue weighted by Gasteiger charge is 2.39. The van der Waals surface area contributed by atoms with Gasteiger partial charge in [0.15, 0.2) is 0 Å². The number of para-hydroxylation sites is 1. The Labute approximate surface area is 149 Å². The van der Waals surface area contributed by atoms with Crippen LogP contribution in [0, 0.1) is 5.92 Å². The monoisotopic (exact) mass is 345 g/mol. The van der Waals surface area contributed by atoms with Crippen molar-refractivity contribution in [3.63, 3.8) is 0 Å². The number of imide groups is 1. The number of nitrogens with zero attached hydrogens (tertiary/aromatic N) is 1. The lowest BCUT2D eigenvalue weighted by Gasteiger charge is -2.23. The molecule has 1 saturated heterocycles. The quantitative estimate of drug-likeness (QED) is 0.806. The standard InChI is InChI=1S/C19H27N3O3/c1-12(2)10-15-17(24)22(18(25)21-15)11-16(23)20-14-9-7-6-8-13(14)19(3,4)5/h6-9,12,15H,10-11H2,1-5H3,(H,20,23)(H,21,25)/t15-/m1/s1. The zero-order valence-electron chi connectivity index (χ0n) is 15.6. The third-order valence-electron chi connectivity index (χ3n) is 4.12. The zero-order valence-corrected chi connectivity index (χ0v) is 15.6. The normalized spacial score (nSPS) is 17.8. The van der Waals surface area contributed by atoms with Gasteiger partial charge in [-0.1, -0.05) is 52.8 Å². The fourth-order valence-corrected chi connectivity index (χ4v) is 2.94. The molecule has 0 aromatic heterocycles. The molecule has 0 saturated carbocycles. The van der Waals surface area contributed by atoms with Crippen molar-refractivity contribution in [1.82, 2.24) is 10.2 Å². The van der Waals surface area contributed by atoms with Gasteiger partial charge in [-0.25, -0.2) is 4.79 Å². The van der Waals surface area contributed by atoms with Crippen molar-refractivity contribution in [2.45, 2.75) is 52.5 Å². The molecule has 1 aromatic carbocycles. The number of hydrogen-bond donors (Lipinski definition) is 2. The Kier molecular flexibility index (Phi) is 5.50. The SMILES string of the molecule is CC(C)C[C@H]1NC(=O)N(CC(=O)Nc2ccccc2C(C)(C)C)C1=O. The van der Waals surface area contributed by atoms with Gasteiger partial charge < -0.3 is 10.6 Å². The Balaban J connectivity index is 2.06. The molecular formula is C19H27N3O3. The summed E-state index contributed by atoms with van der Waals surface area (Å²) in [7, 11) is 0. The van der Waals surface area contributed by atoms with E-state index >= 15 is 0 Å². The first kappa shape index (κ1) is 19.0. The van der Waals surface area contributed by atoms with Crippen molar-refractivity contribution in [2.24, 2.45) is 5.92 Å². The Morgan fingerprint density at radius 1 is 1.24 bits per heavy atom. The van der Waals surface area contributed by atoms with Crippen LogP contribution in [0.3, 0.4) is 0 Å². The lowest BCUT2D eigenvalue weighted by molar-refractivity contribution is -0.131. The summed E-state index contributed by atoms with van der Waals surface area (Å²) >= 11 is 0. The van der Waals surface area contributed by atoms with E-state index in [9.17, 15) is 14.4 Å². The molecule has 6 nitrogen and oxygen atoms in total. The number of rotatable bonds is 5. The van der Waals surface area contributed by atoms with Gasteiger partial charge in [-0.15, -0.1) is 0 Å². The van der Waals surface area contributed by atoms with Crippen LogP contribution < -0.4 is 10.6 Å². The summed E-state index contributed by atoms with van der Waals surface area (Å²) in [6.07, 6.45) is 0.565. The summed E-state index contributed by atoms with van der Waals surface area (Å²) in [5, 5.41) is 5.48. The van der Waals surface area contributed by atoms with Gasteiger partial charge in [-0.2, -0.15) is 0 Å². The van der Waals surface area contributed by atoms with Crippen LogP contribution in [-0.2, 0) is 15.0 Å². The molecule has 136 valence electrons. The maximum atomic E-state index is 12.4. The van der Waals surface area contributed by atoms with Crippen LogP contribution in [0.15, 0.2) is 24.3 Å². The first-order valence-electron chi connectivity index (χ1n) is 8.61. The van der Waals surface area contributed by atoms with Crippen LogP contribution in [0.1, 0.15) is 46.6 Å². The van der Waals surface area contributed by atoms with Crippen LogP contribution in [0.2, 0.25) is 0 Å². The second kappa shape index (κ2) is 7.25. The molecule has 25 heavy (non-hydrogen) atoms. The van der Waals surface area contributed by atoms with Gasteiger partial charge in [-0.05, 0) is 29.4 Å². The average Bonchev–Trinajstić information content (AvgIpc) is 2.73. The molecule has 0 radical (unpaired) electrons. The van der Waals surface area contributed by atoms with Crippen molar-refractivity contribution < 1.29 is 14.4 Å². The van der Waals surface area contributed by atoms with Crippen molar-refractivity contribution in [2.75, 3.05) is 11.9 Å². The van der Waals surface area contributed by atoms with Crippen LogP contribution in [0.5, 0.6) is 0 Å². The molecule has 0 unspecified atom stereocenters. The van der Waals surface area contributed by atoms with Crippen LogP contribution >= 0.6 is 0 Å². The molecular weight excluding hydrogens is 318 g/mol. The largest absolute Gasteiger partial charge is 0.326 e. The second-order valence-electron chi connectivity index (χ2n) is 7.90.